The lowest BCUT2D eigenvalue weighted by atomic mass is 9.83. The Balaban J connectivity index is 2.12. The van der Waals surface area contributed by atoms with Gasteiger partial charge in [0, 0.05) is 18.3 Å². The van der Waals surface area contributed by atoms with E-state index in [1.54, 1.807) is 12.4 Å². The molecule has 1 aromatic heterocycles. The summed E-state index contributed by atoms with van der Waals surface area (Å²) in [6, 6.07) is 0. The number of piperidine rings is 1. The molecule has 3 nitrogen and oxygen atoms in total. The molecule has 1 aliphatic rings. The number of aromatic nitrogens is 2. The van der Waals surface area contributed by atoms with Crippen LogP contribution in [-0.4, -0.2) is 23.1 Å². The van der Waals surface area contributed by atoms with Gasteiger partial charge in [0.2, 0.25) is 0 Å². The Morgan fingerprint density at radius 3 is 2.60 bits per heavy atom. The number of hydrogen-bond acceptors (Lipinski definition) is 3. The lowest BCUT2D eigenvalue weighted by Crippen LogP contribution is -2.30. The number of hydrogen-bond donors (Lipinski definition) is 1. The van der Waals surface area contributed by atoms with Crippen LogP contribution in [0.3, 0.4) is 0 Å². The van der Waals surface area contributed by atoms with Gasteiger partial charge in [0.25, 0.3) is 0 Å². The first-order valence-corrected chi connectivity index (χ1v) is 5.77. The second-order valence-electron chi connectivity index (χ2n) is 4.40. The van der Waals surface area contributed by atoms with E-state index >= 15 is 0 Å². The quantitative estimate of drug-likeness (QED) is 0.801. The highest BCUT2D eigenvalue weighted by atomic mass is 14.9. The van der Waals surface area contributed by atoms with Crippen molar-refractivity contribution in [3.63, 3.8) is 0 Å². The van der Waals surface area contributed by atoms with Gasteiger partial charge in [-0.15, -0.1) is 0 Å². The third kappa shape index (κ3) is 2.34. The first-order chi connectivity index (χ1) is 7.29. The van der Waals surface area contributed by atoms with Crippen LogP contribution in [0.1, 0.15) is 37.1 Å². The van der Waals surface area contributed by atoms with Crippen LogP contribution in [0.5, 0.6) is 0 Å². The lowest BCUT2D eigenvalue weighted by molar-refractivity contribution is 0.325. The smallest absolute Gasteiger partial charge is 0.0646 e. The van der Waals surface area contributed by atoms with Crippen molar-refractivity contribution in [2.45, 2.75) is 32.6 Å². The second-order valence-corrected chi connectivity index (χ2v) is 4.40. The molecule has 1 aliphatic heterocycles. The van der Waals surface area contributed by atoms with Crippen LogP contribution in [0, 0.1) is 12.8 Å². The van der Waals surface area contributed by atoms with Gasteiger partial charge in [-0.05, 0) is 38.8 Å². The van der Waals surface area contributed by atoms with Gasteiger partial charge in [-0.1, -0.05) is 6.92 Å². The number of nitrogens with one attached hydrogen (secondary N) is 1. The minimum atomic E-state index is 0.542. The average Bonchev–Trinajstić information content (AvgIpc) is 2.30. The van der Waals surface area contributed by atoms with E-state index in [4.69, 9.17) is 0 Å². The average molecular weight is 205 g/mol. The standard InChI is InChI=1S/C12H19N3/c1-9(11-3-5-13-6-4-11)12-10(2)14-7-8-15-12/h7-9,11,13H,3-6H2,1-2H3. The molecule has 1 fully saturated rings. The molecule has 2 rings (SSSR count). The maximum absolute atomic E-state index is 4.47. The number of aryl methyl sites for hydroxylation is 1. The lowest BCUT2D eigenvalue weighted by Gasteiger charge is -2.28. The second kappa shape index (κ2) is 4.71. The van der Waals surface area contributed by atoms with Crippen molar-refractivity contribution in [2.24, 2.45) is 5.92 Å². The van der Waals surface area contributed by atoms with Gasteiger partial charge in [0.1, 0.15) is 0 Å². The van der Waals surface area contributed by atoms with E-state index in [2.05, 4.69) is 29.1 Å². The summed E-state index contributed by atoms with van der Waals surface area (Å²) in [6.07, 6.45) is 6.10. The molecule has 1 unspecified atom stereocenters. The summed E-state index contributed by atoms with van der Waals surface area (Å²) in [5.41, 5.74) is 2.27. The Morgan fingerprint density at radius 1 is 1.27 bits per heavy atom. The molecule has 0 bridgehead atoms. The highest BCUT2D eigenvalue weighted by Crippen LogP contribution is 2.30. The zero-order valence-corrected chi connectivity index (χ0v) is 9.53. The van der Waals surface area contributed by atoms with Gasteiger partial charge in [-0.3, -0.25) is 9.97 Å². The van der Waals surface area contributed by atoms with Gasteiger partial charge in [0.15, 0.2) is 0 Å². The predicted molar refractivity (Wildman–Crippen MR) is 60.8 cm³/mol. The molecule has 1 saturated heterocycles. The zero-order chi connectivity index (χ0) is 10.7. The van der Waals surface area contributed by atoms with Crippen molar-refractivity contribution in [1.82, 2.24) is 15.3 Å². The molecule has 0 aromatic carbocycles. The summed E-state index contributed by atoms with van der Waals surface area (Å²) >= 11 is 0. The van der Waals surface area contributed by atoms with E-state index in [0.717, 1.165) is 24.7 Å². The van der Waals surface area contributed by atoms with Crippen molar-refractivity contribution in [1.29, 1.82) is 0 Å². The fraction of sp³-hybridized carbons (Fsp3) is 0.667. The topological polar surface area (TPSA) is 37.8 Å². The fourth-order valence-corrected chi connectivity index (χ4v) is 2.43. The monoisotopic (exact) mass is 205 g/mol. The molecule has 2 heterocycles. The molecule has 0 amide bonds. The van der Waals surface area contributed by atoms with Crippen molar-refractivity contribution in [3.05, 3.63) is 23.8 Å². The van der Waals surface area contributed by atoms with E-state index in [-0.39, 0.29) is 0 Å². The molecule has 1 atom stereocenters. The SMILES string of the molecule is Cc1nccnc1C(C)C1CCNCC1. The number of nitrogens with zero attached hydrogens (tertiary/aromatic N) is 2. The zero-order valence-electron chi connectivity index (χ0n) is 9.53. The van der Waals surface area contributed by atoms with Gasteiger partial charge in [0.05, 0.1) is 11.4 Å². The molecule has 0 saturated carbocycles. The van der Waals surface area contributed by atoms with Crippen LogP contribution >= 0.6 is 0 Å². The van der Waals surface area contributed by atoms with Crippen molar-refractivity contribution in [3.8, 4) is 0 Å². The Bertz CT molecular complexity index is 318. The Labute approximate surface area is 91.3 Å². The summed E-state index contributed by atoms with van der Waals surface area (Å²) in [6.45, 7) is 6.63. The molecule has 1 aromatic rings. The van der Waals surface area contributed by atoms with Gasteiger partial charge >= 0.3 is 0 Å². The minimum Gasteiger partial charge on any atom is -0.317 e. The highest BCUT2D eigenvalue weighted by molar-refractivity contribution is 5.14. The van der Waals surface area contributed by atoms with Crippen LogP contribution in [0.25, 0.3) is 0 Å². The van der Waals surface area contributed by atoms with Crippen LogP contribution in [0.15, 0.2) is 12.4 Å². The van der Waals surface area contributed by atoms with Gasteiger partial charge < -0.3 is 5.32 Å². The highest BCUT2D eigenvalue weighted by Gasteiger charge is 2.23. The largest absolute Gasteiger partial charge is 0.317 e. The molecule has 82 valence electrons. The van der Waals surface area contributed by atoms with E-state index in [1.165, 1.54) is 18.5 Å². The Kier molecular flexibility index (Phi) is 3.31. The molecule has 0 aliphatic carbocycles. The molecule has 0 spiro atoms. The summed E-state index contributed by atoms with van der Waals surface area (Å²) in [4.78, 5) is 8.79. The van der Waals surface area contributed by atoms with Crippen molar-refractivity contribution in [2.75, 3.05) is 13.1 Å². The van der Waals surface area contributed by atoms with Gasteiger partial charge in [-0.2, -0.15) is 0 Å². The van der Waals surface area contributed by atoms with E-state index in [0.29, 0.717) is 5.92 Å². The van der Waals surface area contributed by atoms with Crippen LogP contribution in [0.4, 0.5) is 0 Å². The third-order valence-electron chi connectivity index (χ3n) is 3.44. The first-order valence-electron chi connectivity index (χ1n) is 5.77. The van der Waals surface area contributed by atoms with Crippen LogP contribution in [-0.2, 0) is 0 Å². The van der Waals surface area contributed by atoms with Crippen molar-refractivity contribution < 1.29 is 0 Å². The minimum absolute atomic E-state index is 0.542. The maximum Gasteiger partial charge on any atom is 0.0646 e. The third-order valence-corrected chi connectivity index (χ3v) is 3.44. The molecule has 15 heavy (non-hydrogen) atoms. The van der Waals surface area contributed by atoms with E-state index in [1.807, 2.05) is 0 Å². The Hall–Kier alpha value is -0.960. The summed E-state index contributed by atoms with van der Waals surface area (Å²) in [7, 11) is 0. The molecule has 3 heteroatoms. The van der Waals surface area contributed by atoms with Crippen LogP contribution in [0.2, 0.25) is 0 Å². The first kappa shape index (κ1) is 10.6. The van der Waals surface area contributed by atoms with Gasteiger partial charge in [-0.25, -0.2) is 0 Å². The fourth-order valence-electron chi connectivity index (χ4n) is 2.43. The van der Waals surface area contributed by atoms with Crippen molar-refractivity contribution >= 4 is 0 Å². The normalized spacial score (nSPS) is 20.1. The summed E-state index contributed by atoms with van der Waals surface area (Å²) in [5, 5.41) is 3.40. The summed E-state index contributed by atoms with van der Waals surface area (Å²) in [5.74, 6) is 1.31. The molecular formula is C12H19N3. The maximum atomic E-state index is 4.47. The Morgan fingerprint density at radius 2 is 1.93 bits per heavy atom. The summed E-state index contributed by atoms with van der Waals surface area (Å²) < 4.78 is 0. The van der Waals surface area contributed by atoms with Crippen LogP contribution < -0.4 is 5.32 Å². The predicted octanol–water partition coefficient (Wildman–Crippen LogP) is 1.89. The van der Waals surface area contributed by atoms with E-state index in [9.17, 15) is 0 Å². The molecule has 1 N–H and O–H groups in total. The molecular weight excluding hydrogens is 186 g/mol. The van der Waals surface area contributed by atoms with E-state index < -0.39 is 0 Å². The molecule has 0 radical (unpaired) electrons. The number of rotatable bonds is 2.